The number of esters is 1. The largest absolute Gasteiger partial charge is 0.496 e. The minimum absolute atomic E-state index is 0.0396. The number of aliphatic imine (C=N–C) groups is 1. The molecule has 0 radical (unpaired) electrons. The average Bonchev–Trinajstić information content (AvgIpc) is 2.73. The topological polar surface area (TPSA) is 81.2 Å². The maximum atomic E-state index is 11.9. The van der Waals surface area contributed by atoms with Gasteiger partial charge in [-0.25, -0.2) is 4.79 Å². The third kappa shape index (κ3) is 6.71. The second kappa shape index (κ2) is 10.9. The molecule has 7 nitrogen and oxygen atoms in total. The van der Waals surface area contributed by atoms with Crippen LogP contribution in [0.25, 0.3) is 0 Å². The summed E-state index contributed by atoms with van der Waals surface area (Å²) in [5.41, 5.74) is 2.45. The lowest BCUT2D eigenvalue weighted by Crippen LogP contribution is -2.41. The summed E-state index contributed by atoms with van der Waals surface area (Å²) >= 11 is 0. The molecule has 0 aliphatic carbocycles. The van der Waals surface area contributed by atoms with Crippen molar-refractivity contribution in [1.82, 2.24) is 10.6 Å². The van der Waals surface area contributed by atoms with Crippen LogP contribution in [0.2, 0.25) is 0 Å². The molecular weight excluding hydrogens is 370 g/mol. The van der Waals surface area contributed by atoms with Crippen LogP contribution in [0, 0.1) is 6.92 Å². The summed E-state index contributed by atoms with van der Waals surface area (Å²) < 4.78 is 16.0. The molecule has 1 unspecified atom stereocenters. The van der Waals surface area contributed by atoms with Gasteiger partial charge in [-0.1, -0.05) is 18.2 Å². The van der Waals surface area contributed by atoms with Gasteiger partial charge in [-0.3, -0.25) is 4.99 Å². The molecule has 2 rings (SSSR count). The van der Waals surface area contributed by atoms with Gasteiger partial charge in [-0.15, -0.1) is 0 Å². The maximum Gasteiger partial charge on any atom is 0.341 e. The zero-order valence-electron chi connectivity index (χ0n) is 17.6. The maximum absolute atomic E-state index is 11.9. The number of nitrogens with one attached hydrogen (secondary N) is 2. The predicted molar refractivity (Wildman–Crippen MR) is 114 cm³/mol. The number of ether oxygens (including phenoxy) is 3. The van der Waals surface area contributed by atoms with Crippen LogP contribution in [-0.4, -0.2) is 45.8 Å². The van der Waals surface area contributed by atoms with Crippen LogP contribution in [0.15, 0.2) is 47.5 Å². The Hall–Kier alpha value is -3.22. The SMILES string of the molecule is CN=C(NCc1ccc(OC)c(C(=O)OC)c1)NCC(C)Oc1cccc(C)c1. The first-order chi connectivity index (χ1) is 14.0. The molecule has 0 spiro atoms. The number of aryl methyl sites for hydroxylation is 1. The number of carbonyl (C=O) groups is 1. The Labute approximate surface area is 172 Å². The van der Waals surface area contributed by atoms with Gasteiger partial charge in [0.15, 0.2) is 5.96 Å². The minimum Gasteiger partial charge on any atom is -0.496 e. The van der Waals surface area contributed by atoms with Gasteiger partial charge in [0.2, 0.25) is 0 Å². The van der Waals surface area contributed by atoms with E-state index in [4.69, 9.17) is 14.2 Å². The summed E-state index contributed by atoms with van der Waals surface area (Å²) in [6, 6.07) is 13.3. The molecule has 0 bridgehead atoms. The summed E-state index contributed by atoms with van der Waals surface area (Å²) in [7, 11) is 4.57. The molecule has 7 heteroatoms. The average molecular weight is 399 g/mol. The number of guanidine groups is 1. The van der Waals surface area contributed by atoms with Gasteiger partial charge >= 0.3 is 5.97 Å². The second-order valence-corrected chi connectivity index (χ2v) is 6.58. The molecular formula is C22H29N3O4. The fraction of sp³-hybridized carbons (Fsp3) is 0.364. The smallest absolute Gasteiger partial charge is 0.341 e. The van der Waals surface area contributed by atoms with E-state index < -0.39 is 5.97 Å². The van der Waals surface area contributed by atoms with E-state index >= 15 is 0 Å². The van der Waals surface area contributed by atoms with Crippen LogP contribution in [0.5, 0.6) is 11.5 Å². The quantitative estimate of drug-likeness (QED) is 0.404. The lowest BCUT2D eigenvalue weighted by Gasteiger charge is -2.18. The van der Waals surface area contributed by atoms with Crippen molar-refractivity contribution in [1.29, 1.82) is 0 Å². The molecule has 2 N–H and O–H groups in total. The summed E-state index contributed by atoms with van der Waals surface area (Å²) in [5, 5.41) is 6.47. The normalized spacial score (nSPS) is 12.1. The first kappa shape index (κ1) is 22.1. The van der Waals surface area contributed by atoms with Crippen LogP contribution in [0.4, 0.5) is 0 Å². The molecule has 2 aromatic carbocycles. The Morgan fingerprint density at radius 1 is 1.14 bits per heavy atom. The van der Waals surface area contributed by atoms with Gasteiger partial charge in [0, 0.05) is 13.6 Å². The highest BCUT2D eigenvalue weighted by Gasteiger charge is 2.13. The lowest BCUT2D eigenvalue weighted by molar-refractivity contribution is 0.0597. The van der Waals surface area contributed by atoms with Gasteiger partial charge in [0.1, 0.15) is 23.2 Å². The second-order valence-electron chi connectivity index (χ2n) is 6.58. The van der Waals surface area contributed by atoms with Gasteiger partial charge in [-0.2, -0.15) is 0 Å². The van der Waals surface area contributed by atoms with Gasteiger partial charge in [-0.05, 0) is 49.2 Å². The number of hydrogen-bond donors (Lipinski definition) is 2. The number of benzene rings is 2. The molecule has 156 valence electrons. The molecule has 0 amide bonds. The van der Waals surface area contributed by atoms with E-state index in [2.05, 4.69) is 15.6 Å². The van der Waals surface area contributed by atoms with Crippen LogP contribution < -0.4 is 20.1 Å². The summed E-state index contributed by atoms with van der Waals surface area (Å²) in [5.74, 6) is 1.52. The summed E-state index contributed by atoms with van der Waals surface area (Å²) in [6.07, 6.45) is -0.0396. The van der Waals surface area contributed by atoms with E-state index in [1.54, 1.807) is 19.2 Å². The van der Waals surface area contributed by atoms with Crippen molar-refractivity contribution in [2.45, 2.75) is 26.5 Å². The third-order valence-electron chi connectivity index (χ3n) is 4.24. The Morgan fingerprint density at radius 3 is 2.59 bits per heavy atom. The molecule has 1 atom stereocenters. The van der Waals surface area contributed by atoms with E-state index in [1.165, 1.54) is 14.2 Å². The molecule has 0 saturated heterocycles. The van der Waals surface area contributed by atoms with Crippen molar-refractivity contribution < 1.29 is 19.0 Å². The molecule has 0 aliphatic rings. The van der Waals surface area contributed by atoms with Crippen LogP contribution in [-0.2, 0) is 11.3 Å². The fourth-order valence-corrected chi connectivity index (χ4v) is 2.74. The van der Waals surface area contributed by atoms with Gasteiger partial charge < -0.3 is 24.8 Å². The molecule has 0 aromatic heterocycles. The summed E-state index contributed by atoms with van der Waals surface area (Å²) in [4.78, 5) is 16.1. The van der Waals surface area contributed by atoms with Crippen molar-refractivity contribution in [3.63, 3.8) is 0 Å². The fourth-order valence-electron chi connectivity index (χ4n) is 2.74. The first-order valence-electron chi connectivity index (χ1n) is 9.40. The summed E-state index contributed by atoms with van der Waals surface area (Å²) in [6.45, 7) is 5.10. The van der Waals surface area contributed by atoms with E-state index in [0.717, 1.165) is 16.9 Å². The molecule has 29 heavy (non-hydrogen) atoms. The number of carbonyl (C=O) groups excluding carboxylic acids is 1. The highest BCUT2D eigenvalue weighted by atomic mass is 16.5. The van der Waals surface area contributed by atoms with Crippen molar-refractivity contribution in [2.24, 2.45) is 4.99 Å². The number of methoxy groups -OCH3 is 2. The highest BCUT2D eigenvalue weighted by Crippen LogP contribution is 2.20. The molecule has 0 aliphatic heterocycles. The van der Waals surface area contributed by atoms with E-state index in [9.17, 15) is 4.79 Å². The van der Waals surface area contributed by atoms with Crippen molar-refractivity contribution in [2.75, 3.05) is 27.8 Å². The minimum atomic E-state index is -0.437. The molecule has 2 aromatic rings. The van der Waals surface area contributed by atoms with Gasteiger partial charge in [0.25, 0.3) is 0 Å². The van der Waals surface area contributed by atoms with E-state index in [1.807, 2.05) is 44.2 Å². The number of nitrogens with zero attached hydrogens (tertiary/aromatic N) is 1. The van der Waals surface area contributed by atoms with Crippen molar-refractivity contribution >= 4 is 11.9 Å². The molecule has 0 saturated carbocycles. The number of hydrogen-bond acceptors (Lipinski definition) is 5. The van der Waals surface area contributed by atoms with E-state index in [0.29, 0.717) is 30.4 Å². The predicted octanol–water partition coefficient (Wildman–Crippen LogP) is 2.92. The van der Waals surface area contributed by atoms with Crippen molar-refractivity contribution in [3.8, 4) is 11.5 Å². The monoisotopic (exact) mass is 399 g/mol. The number of rotatable bonds is 8. The Kier molecular flexibility index (Phi) is 8.33. The van der Waals surface area contributed by atoms with Gasteiger partial charge in [0.05, 0.1) is 20.8 Å². The zero-order chi connectivity index (χ0) is 21.2. The van der Waals surface area contributed by atoms with Crippen LogP contribution >= 0.6 is 0 Å². The standard InChI is InChI=1S/C22H29N3O4/c1-15-7-6-8-18(11-15)29-16(2)13-24-22(23-3)25-14-17-9-10-20(27-4)19(12-17)21(26)28-5/h6-12,16H,13-14H2,1-5H3,(H2,23,24,25). The Morgan fingerprint density at radius 2 is 1.93 bits per heavy atom. The van der Waals surface area contributed by atoms with Crippen molar-refractivity contribution in [3.05, 3.63) is 59.2 Å². The third-order valence-corrected chi connectivity index (χ3v) is 4.24. The zero-order valence-corrected chi connectivity index (χ0v) is 17.6. The highest BCUT2D eigenvalue weighted by molar-refractivity contribution is 5.92. The Bertz CT molecular complexity index is 852. The Balaban J connectivity index is 1.89. The van der Waals surface area contributed by atoms with Crippen LogP contribution in [0.1, 0.15) is 28.4 Å². The molecule has 0 fully saturated rings. The van der Waals surface area contributed by atoms with Crippen LogP contribution in [0.3, 0.4) is 0 Å². The molecule has 0 heterocycles. The lowest BCUT2D eigenvalue weighted by atomic mass is 10.1. The first-order valence-corrected chi connectivity index (χ1v) is 9.40. The van der Waals surface area contributed by atoms with E-state index in [-0.39, 0.29) is 6.10 Å².